The summed E-state index contributed by atoms with van der Waals surface area (Å²) in [5.41, 5.74) is 2.63. The van der Waals surface area contributed by atoms with Crippen LogP contribution in [0.5, 0.6) is 5.75 Å². The fourth-order valence-electron chi connectivity index (χ4n) is 5.39. The maximum atomic E-state index is 13.8. The summed E-state index contributed by atoms with van der Waals surface area (Å²) in [6.07, 6.45) is 2.44. The molecule has 1 aliphatic carbocycles. The molecule has 11 heteroatoms. The van der Waals surface area contributed by atoms with Crippen molar-refractivity contribution in [2.24, 2.45) is 11.8 Å². The van der Waals surface area contributed by atoms with E-state index in [-0.39, 0.29) is 23.2 Å². The third-order valence-electron chi connectivity index (χ3n) is 7.05. The largest absolute Gasteiger partial charge is 0.493 e. The molecule has 1 amide bonds. The van der Waals surface area contributed by atoms with Gasteiger partial charge in [-0.3, -0.25) is 0 Å². The number of rotatable bonds is 4. The van der Waals surface area contributed by atoms with Gasteiger partial charge in [-0.2, -0.15) is 5.10 Å². The summed E-state index contributed by atoms with van der Waals surface area (Å²) in [6.45, 7) is 8.62. The van der Waals surface area contributed by atoms with Crippen molar-refractivity contribution >= 4 is 17.4 Å². The van der Waals surface area contributed by atoms with Gasteiger partial charge in [0, 0.05) is 37.0 Å². The zero-order valence-corrected chi connectivity index (χ0v) is 21.3. The summed E-state index contributed by atoms with van der Waals surface area (Å²) in [5.74, 6) is 1.45. The maximum Gasteiger partial charge on any atom is 0.410 e. The fourth-order valence-corrected chi connectivity index (χ4v) is 5.39. The first-order chi connectivity index (χ1) is 17.5. The van der Waals surface area contributed by atoms with Crippen LogP contribution < -0.4 is 4.74 Å². The van der Waals surface area contributed by atoms with Crippen LogP contribution >= 0.6 is 0 Å². The van der Waals surface area contributed by atoms with Crippen LogP contribution in [0.2, 0.25) is 0 Å². The number of amides is 1. The van der Waals surface area contributed by atoms with Crippen molar-refractivity contribution in [3.05, 3.63) is 47.7 Å². The molecule has 9 nitrogen and oxygen atoms in total. The van der Waals surface area contributed by atoms with Crippen molar-refractivity contribution in [3.8, 4) is 17.0 Å². The van der Waals surface area contributed by atoms with Gasteiger partial charge in [0.2, 0.25) is 0 Å². The van der Waals surface area contributed by atoms with E-state index in [1.165, 1.54) is 10.6 Å². The Balaban J connectivity index is 1.30. The van der Waals surface area contributed by atoms with E-state index in [4.69, 9.17) is 14.5 Å². The number of ether oxygens (including phenoxy) is 2. The van der Waals surface area contributed by atoms with Crippen LogP contribution in [0.3, 0.4) is 0 Å². The molecule has 37 heavy (non-hydrogen) atoms. The molecule has 2 aliphatic rings. The predicted molar refractivity (Wildman–Crippen MR) is 131 cm³/mol. The van der Waals surface area contributed by atoms with Gasteiger partial charge in [-0.1, -0.05) is 0 Å². The highest BCUT2D eigenvalue weighted by Crippen LogP contribution is 2.58. The van der Waals surface area contributed by atoms with Crippen LogP contribution in [0.25, 0.3) is 22.6 Å². The van der Waals surface area contributed by atoms with E-state index in [0.29, 0.717) is 53.3 Å². The normalized spacial score (nSPS) is 21.2. The summed E-state index contributed by atoms with van der Waals surface area (Å²) < 4.78 is 42.0. The van der Waals surface area contributed by atoms with E-state index in [1.807, 2.05) is 37.6 Å². The number of piperidine rings is 1. The maximum absolute atomic E-state index is 13.8. The molecule has 4 aromatic heterocycles. The van der Waals surface area contributed by atoms with Gasteiger partial charge in [0.1, 0.15) is 5.60 Å². The first-order valence-electron chi connectivity index (χ1n) is 12.2. The molecule has 0 spiro atoms. The average Bonchev–Trinajstić information content (AvgIpc) is 3.21. The minimum absolute atomic E-state index is 0.148. The summed E-state index contributed by atoms with van der Waals surface area (Å²) in [4.78, 5) is 23.2. The van der Waals surface area contributed by atoms with E-state index < -0.39 is 12.0 Å². The molecule has 0 N–H and O–H groups in total. The van der Waals surface area contributed by atoms with Gasteiger partial charge in [-0.25, -0.2) is 28.1 Å². The number of likely N-dealkylation sites (tertiary alicyclic amines) is 1. The summed E-state index contributed by atoms with van der Waals surface area (Å²) in [6, 6.07) is 3.14. The number of imidazole rings is 2. The number of halogens is 2. The number of alkyl halides is 2. The van der Waals surface area contributed by atoms with Gasteiger partial charge in [0.05, 0.1) is 36.0 Å². The Morgan fingerprint density at radius 1 is 1.08 bits per heavy atom. The van der Waals surface area contributed by atoms with Crippen LogP contribution in [0.4, 0.5) is 13.6 Å². The Labute approximate surface area is 212 Å². The number of aryl methyl sites for hydroxylation is 1. The highest BCUT2D eigenvalue weighted by atomic mass is 19.3. The van der Waals surface area contributed by atoms with Crippen molar-refractivity contribution in [2.45, 2.75) is 45.6 Å². The third-order valence-corrected chi connectivity index (χ3v) is 7.05. The topological polar surface area (TPSA) is 86.3 Å². The lowest BCUT2D eigenvalue weighted by molar-refractivity contribution is 0.0270. The molecule has 0 radical (unpaired) electrons. The number of pyridine rings is 1. The molecule has 0 aromatic carbocycles. The summed E-state index contributed by atoms with van der Waals surface area (Å²) in [5, 5.41) is 4.52. The number of carbonyl (C=O) groups is 1. The Morgan fingerprint density at radius 3 is 2.46 bits per heavy atom. The molecule has 1 saturated heterocycles. The SMILES string of the molecule is COc1cc(-c2cc(C(F)F)c3nc(C)cn3n2)cn2cc(C3[C@H]4CN(C(=O)OC(C)(C)C)C[C@@H]34)nc12. The van der Waals surface area contributed by atoms with Gasteiger partial charge in [0.25, 0.3) is 6.43 Å². The van der Waals surface area contributed by atoms with Crippen molar-refractivity contribution < 1.29 is 23.0 Å². The first-order valence-corrected chi connectivity index (χ1v) is 12.2. The first kappa shape index (κ1) is 23.6. The molecular weight excluding hydrogens is 482 g/mol. The highest BCUT2D eigenvalue weighted by Gasteiger charge is 2.58. The van der Waals surface area contributed by atoms with Crippen LogP contribution in [-0.4, -0.2) is 60.8 Å². The predicted octanol–water partition coefficient (Wildman–Crippen LogP) is 4.88. The molecule has 1 aliphatic heterocycles. The Morgan fingerprint density at radius 2 is 1.81 bits per heavy atom. The van der Waals surface area contributed by atoms with E-state index in [0.717, 1.165) is 5.69 Å². The third kappa shape index (κ3) is 4.06. The van der Waals surface area contributed by atoms with Crippen LogP contribution in [0, 0.1) is 18.8 Å². The monoisotopic (exact) mass is 510 g/mol. The van der Waals surface area contributed by atoms with Crippen LogP contribution in [0.1, 0.15) is 50.1 Å². The number of hydrogen-bond acceptors (Lipinski definition) is 6. The fraction of sp³-hybridized carbons (Fsp3) is 0.462. The highest BCUT2D eigenvalue weighted by molar-refractivity contribution is 5.70. The zero-order chi connectivity index (χ0) is 26.2. The van der Waals surface area contributed by atoms with E-state index in [9.17, 15) is 13.6 Å². The molecule has 0 bridgehead atoms. The molecule has 194 valence electrons. The molecule has 6 rings (SSSR count). The number of hydrogen-bond donors (Lipinski definition) is 0. The van der Waals surface area contributed by atoms with Crippen molar-refractivity contribution in [1.82, 2.24) is 28.9 Å². The Hall–Kier alpha value is -3.76. The number of methoxy groups -OCH3 is 1. The second kappa shape index (κ2) is 8.12. The van der Waals surface area contributed by atoms with Crippen molar-refractivity contribution in [3.63, 3.8) is 0 Å². The molecule has 4 aromatic rings. The van der Waals surface area contributed by atoms with Gasteiger partial charge in [-0.15, -0.1) is 0 Å². The average molecular weight is 511 g/mol. The Bertz CT molecular complexity index is 1530. The molecule has 3 atom stereocenters. The second-order valence-electron chi connectivity index (χ2n) is 10.9. The van der Waals surface area contributed by atoms with Crippen LogP contribution in [0.15, 0.2) is 30.7 Å². The molecule has 5 heterocycles. The zero-order valence-electron chi connectivity index (χ0n) is 21.3. The minimum atomic E-state index is -2.69. The van der Waals surface area contributed by atoms with Gasteiger partial charge in [-0.05, 0) is 51.7 Å². The van der Waals surface area contributed by atoms with E-state index in [1.54, 1.807) is 31.2 Å². The minimum Gasteiger partial charge on any atom is -0.493 e. The van der Waals surface area contributed by atoms with Gasteiger partial charge >= 0.3 is 6.09 Å². The summed E-state index contributed by atoms with van der Waals surface area (Å²) >= 11 is 0. The Kier molecular flexibility index (Phi) is 5.19. The standard InChI is InChI=1S/C26H28F2N6O3/c1-13-8-34-23(29-13)15(22(27)28)7-18(31-34)14-6-20(36-5)24-30-19(12-32(24)9-14)21-16-10-33(11-17(16)21)25(35)37-26(2,3)4/h6-9,12,16-17,21-22H,10-11H2,1-5H3/t16-,17+,21?. The lowest BCUT2D eigenvalue weighted by Crippen LogP contribution is -2.36. The quantitative estimate of drug-likeness (QED) is 0.389. The second-order valence-corrected chi connectivity index (χ2v) is 10.9. The molecule has 2 fully saturated rings. The van der Waals surface area contributed by atoms with Crippen molar-refractivity contribution in [1.29, 1.82) is 0 Å². The number of fused-ring (bicyclic) bond motifs is 3. The number of aromatic nitrogens is 5. The molecule has 1 saturated carbocycles. The van der Waals surface area contributed by atoms with E-state index >= 15 is 0 Å². The van der Waals surface area contributed by atoms with Gasteiger partial charge < -0.3 is 18.8 Å². The van der Waals surface area contributed by atoms with E-state index in [2.05, 4.69) is 10.1 Å². The smallest absolute Gasteiger partial charge is 0.410 e. The van der Waals surface area contributed by atoms with Crippen LogP contribution in [-0.2, 0) is 4.74 Å². The lowest BCUT2D eigenvalue weighted by Gasteiger charge is -2.25. The molecular formula is C26H28F2N6O3. The number of carbonyl (C=O) groups excluding carboxylic acids is 1. The summed E-state index contributed by atoms with van der Waals surface area (Å²) in [7, 11) is 1.55. The van der Waals surface area contributed by atoms with Crippen molar-refractivity contribution in [2.75, 3.05) is 20.2 Å². The molecule has 1 unspecified atom stereocenters. The van der Waals surface area contributed by atoms with Gasteiger partial charge in [0.15, 0.2) is 17.0 Å². The number of nitrogens with zero attached hydrogens (tertiary/aromatic N) is 6. The lowest BCUT2D eigenvalue weighted by atomic mass is 10.1.